The zero-order valence-electron chi connectivity index (χ0n) is 11.4. The fourth-order valence-electron chi connectivity index (χ4n) is 2.28. The van der Waals surface area contributed by atoms with E-state index in [0.29, 0.717) is 30.6 Å². The van der Waals surface area contributed by atoms with Gasteiger partial charge in [0.2, 0.25) is 10.0 Å². The number of anilines is 1. The van der Waals surface area contributed by atoms with Gasteiger partial charge in [-0.05, 0) is 36.5 Å². The highest BCUT2D eigenvalue weighted by atomic mass is 35.5. The van der Waals surface area contributed by atoms with Crippen LogP contribution in [0, 0.1) is 18.8 Å². The van der Waals surface area contributed by atoms with Crippen molar-refractivity contribution >= 4 is 27.3 Å². The van der Waals surface area contributed by atoms with Crippen molar-refractivity contribution in [2.45, 2.75) is 25.7 Å². The Labute approximate surface area is 119 Å². The number of nitrogens with zero attached hydrogens (tertiary/aromatic N) is 1. The summed E-state index contributed by atoms with van der Waals surface area (Å²) in [6.45, 7) is 7.00. The number of nitrogen functional groups attached to an aromatic ring is 1. The fraction of sp³-hybridized carbons (Fsp3) is 0.538. The molecule has 1 heterocycles. The highest BCUT2D eigenvalue weighted by molar-refractivity contribution is 7.89. The van der Waals surface area contributed by atoms with E-state index in [-0.39, 0.29) is 9.92 Å². The summed E-state index contributed by atoms with van der Waals surface area (Å²) in [5.74, 6) is 0.715. The number of aryl methyl sites for hydroxylation is 1. The average Bonchev–Trinajstić information content (AvgIpc) is 2.65. The predicted molar refractivity (Wildman–Crippen MR) is 77.7 cm³/mol. The molecule has 2 unspecified atom stereocenters. The normalized spacial score (nSPS) is 24.8. The van der Waals surface area contributed by atoms with Gasteiger partial charge in [0.05, 0.1) is 5.02 Å². The molecule has 2 atom stereocenters. The second kappa shape index (κ2) is 4.96. The number of halogens is 1. The van der Waals surface area contributed by atoms with Gasteiger partial charge in [0.25, 0.3) is 0 Å². The molecule has 1 fully saturated rings. The lowest BCUT2D eigenvalue weighted by Crippen LogP contribution is -2.29. The SMILES string of the molecule is Cc1cc(Cl)c(S(=O)(=O)N2CC(C)C(C)C2)cc1N. The number of rotatable bonds is 2. The van der Waals surface area contributed by atoms with Crippen LogP contribution in [-0.2, 0) is 10.0 Å². The summed E-state index contributed by atoms with van der Waals surface area (Å²) in [6.07, 6.45) is 0. The second-order valence-corrected chi connectivity index (χ2v) is 7.73. The molecule has 1 saturated heterocycles. The van der Waals surface area contributed by atoms with E-state index in [1.165, 1.54) is 10.4 Å². The van der Waals surface area contributed by atoms with Crippen LogP contribution in [0.3, 0.4) is 0 Å². The van der Waals surface area contributed by atoms with Crippen LogP contribution in [0.4, 0.5) is 5.69 Å². The third-order valence-electron chi connectivity index (χ3n) is 3.89. The van der Waals surface area contributed by atoms with Gasteiger partial charge < -0.3 is 5.73 Å². The van der Waals surface area contributed by atoms with E-state index >= 15 is 0 Å². The quantitative estimate of drug-likeness (QED) is 0.854. The molecule has 1 aromatic carbocycles. The molecule has 0 aliphatic carbocycles. The average molecular weight is 303 g/mol. The Bertz CT molecular complexity index is 591. The summed E-state index contributed by atoms with van der Waals surface area (Å²) < 4.78 is 26.7. The van der Waals surface area contributed by atoms with Gasteiger partial charge >= 0.3 is 0 Å². The van der Waals surface area contributed by atoms with Gasteiger partial charge in [0.15, 0.2) is 0 Å². The van der Waals surface area contributed by atoms with Gasteiger partial charge in [-0.15, -0.1) is 0 Å². The maximum Gasteiger partial charge on any atom is 0.244 e. The molecule has 2 N–H and O–H groups in total. The minimum Gasteiger partial charge on any atom is -0.398 e. The van der Waals surface area contributed by atoms with E-state index in [1.807, 2.05) is 0 Å². The molecule has 1 aliphatic rings. The van der Waals surface area contributed by atoms with Crippen LogP contribution in [0.5, 0.6) is 0 Å². The second-order valence-electron chi connectivity index (χ2n) is 5.42. The number of nitrogens with two attached hydrogens (primary N) is 1. The van der Waals surface area contributed by atoms with Gasteiger partial charge in [-0.2, -0.15) is 4.31 Å². The van der Waals surface area contributed by atoms with Gasteiger partial charge in [-0.25, -0.2) is 8.42 Å². The first-order chi connectivity index (χ1) is 8.73. The Hall–Kier alpha value is -0.780. The van der Waals surface area contributed by atoms with Crippen molar-refractivity contribution < 1.29 is 8.42 Å². The minimum absolute atomic E-state index is 0.110. The molecule has 2 rings (SSSR count). The summed E-state index contributed by atoms with van der Waals surface area (Å²) >= 11 is 6.08. The molecule has 0 bridgehead atoms. The lowest BCUT2D eigenvalue weighted by atomic mass is 10.0. The van der Waals surface area contributed by atoms with E-state index in [2.05, 4.69) is 13.8 Å². The molecule has 0 radical (unpaired) electrons. The van der Waals surface area contributed by atoms with Gasteiger partial charge in [-0.1, -0.05) is 25.4 Å². The van der Waals surface area contributed by atoms with Gasteiger partial charge in [-0.3, -0.25) is 0 Å². The van der Waals surface area contributed by atoms with Crippen LogP contribution in [0.15, 0.2) is 17.0 Å². The highest BCUT2D eigenvalue weighted by Gasteiger charge is 2.36. The predicted octanol–water partition coefficient (Wildman–Crippen LogP) is 2.51. The van der Waals surface area contributed by atoms with Crippen molar-refractivity contribution in [3.63, 3.8) is 0 Å². The monoisotopic (exact) mass is 302 g/mol. The Morgan fingerprint density at radius 2 is 1.79 bits per heavy atom. The first kappa shape index (κ1) is 14.6. The molecule has 1 aromatic rings. The first-order valence-corrected chi connectivity index (χ1v) is 8.11. The molecule has 4 nitrogen and oxygen atoms in total. The third-order valence-corrected chi connectivity index (χ3v) is 6.19. The van der Waals surface area contributed by atoms with Crippen LogP contribution in [-0.4, -0.2) is 25.8 Å². The lowest BCUT2D eigenvalue weighted by Gasteiger charge is -2.18. The van der Waals surface area contributed by atoms with Gasteiger partial charge in [0, 0.05) is 18.8 Å². The van der Waals surface area contributed by atoms with Crippen LogP contribution >= 0.6 is 11.6 Å². The molecule has 0 spiro atoms. The summed E-state index contributed by atoms with van der Waals surface area (Å²) in [5.41, 5.74) is 7.03. The molecule has 0 saturated carbocycles. The molecule has 6 heteroatoms. The summed E-state index contributed by atoms with van der Waals surface area (Å²) in [4.78, 5) is 0.110. The van der Waals surface area contributed by atoms with Crippen molar-refractivity contribution in [1.29, 1.82) is 0 Å². The maximum absolute atomic E-state index is 12.6. The highest BCUT2D eigenvalue weighted by Crippen LogP contribution is 2.33. The van der Waals surface area contributed by atoms with Crippen molar-refractivity contribution in [3.8, 4) is 0 Å². The Kier molecular flexibility index (Phi) is 3.82. The topological polar surface area (TPSA) is 63.4 Å². The zero-order valence-corrected chi connectivity index (χ0v) is 12.9. The van der Waals surface area contributed by atoms with E-state index in [9.17, 15) is 8.42 Å². The Morgan fingerprint density at radius 1 is 1.26 bits per heavy atom. The molecular weight excluding hydrogens is 284 g/mol. The molecule has 0 aromatic heterocycles. The standard InChI is InChI=1S/C13H19ClN2O2S/c1-8-4-11(14)13(5-12(8)15)19(17,18)16-6-9(2)10(3)7-16/h4-5,9-10H,6-7,15H2,1-3H3. The molecular formula is C13H19ClN2O2S. The fourth-order valence-corrected chi connectivity index (χ4v) is 4.51. The Morgan fingerprint density at radius 3 is 2.32 bits per heavy atom. The first-order valence-electron chi connectivity index (χ1n) is 6.29. The van der Waals surface area contributed by atoms with E-state index in [4.69, 9.17) is 17.3 Å². The van der Waals surface area contributed by atoms with Crippen molar-refractivity contribution in [2.24, 2.45) is 11.8 Å². The summed E-state index contributed by atoms with van der Waals surface area (Å²) in [5, 5.41) is 0.235. The summed E-state index contributed by atoms with van der Waals surface area (Å²) in [6, 6.07) is 3.06. The molecule has 106 valence electrons. The van der Waals surface area contributed by atoms with E-state index < -0.39 is 10.0 Å². The molecule has 0 amide bonds. The molecule has 1 aliphatic heterocycles. The minimum atomic E-state index is -3.55. The van der Waals surface area contributed by atoms with Crippen molar-refractivity contribution in [3.05, 3.63) is 22.7 Å². The number of sulfonamides is 1. The Balaban J connectivity index is 2.43. The lowest BCUT2D eigenvalue weighted by molar-refractivity contribution is 0.463. The smallest absolute Gasteiger partial charge is 0.244 e. The third kappa shape index (κ3) is 2.59. The number of hydrogen-bond acceptors (Lipinski definition) is 3. The maximum atomic E-state index is 12.6. The van der Waals surface area contributed by atoms with E-state index in [0.717, 1.165) is 5.56 Å². The van der Waals surface area contributed by atoms with Gasteiger partial charge in [0.1, 0.15) is 4.90 Å². The number of benzene rings is 1. The summed E-state index contributed by atoms with van der Waals surface area (Å²) in [7, 11) is -3.55. The number of hydrogen-bond donors (Lipinski definition) is 1. The largest absolute Gasteiger partial charge is 0.398 e. The van der Waals surface area contributed by atoms with Crippen LogP contribution < -0.4 is 5.73 Å². The van der Waals surface area contributed by atoms with Crippen molar-refractivity contribution in [1.82, 2.24) is 4.31 Å². The van der Waals surface area contributed by atoms with Crippen LogP contribution in [0.25, 0.3) is 0 Å². The van der Waals surface area contributed by atoms with Crippen LogP contribution in [0.1, 0.15) is 19.4 Å². The molecule has 19 heavy (non-hydrogen) atoms. The van der Waals surface area contributed by atoms with E-state index in [1.54, 1.807) is 13.0 Å². The van der Waals surface area contributed by atoms with Crippen LogP contribution in [0.2, 0.25) is 5.02 Å². The zero-order chi connectivity index (χ0) is 14.4. The van der Waals surface area contributed by atoms with Crippen molar-refractivity contribution in [2.75, 3.05) is 18.8 Å².